The zero-order chi connectivity index (χ0) is 14.8. The smallest absolute Gasteiger partial charge is 0.205 e. The zero-order valence-electron chi connectivity index (χ0n) is 10.9. The van der Waals surface area contributed by atoms with Crippen LogP contribution in [0.25, 0.3) is 0 Å². The summed E-state index contributed by atoms with van der Waals surface area (Å²) in [6, 6.07) is 3.26. The molecule has 0 bridgehead atoms. The molecule has 0 saturated carbocycles. The second kappa shape index (κ2) is 8.38. The molecule has 0 aliphatic rings. The minimum absolute atomic E-state index is 0.0215. The number of hydrogen-bond donors (Lipinski definition) is 1. The van der Waals surface area contributed by atoms with E-state index in [2.05, 4.69) is 17.8 Å². The topological polar surface area (TPSA) is 47.9 Å². The summed E-state index contributed by atoms with van der Waals surface area (Å²) >= 11 is 0. The second-order valence-electron chi connectivity index (χ2n) is 3.52. The first-order chi connectivity index (χ1) is 9.78. The summed E-state index contributed by atoms with van der Waals surface area (Å²) in [5, 5.41) is 9.33. The van der Waals surface area contributed by atoms with E-state index in [1.807, 2.05) is 0 Å². The number of rotatable bonds is 7. The quantitative estimate of drug-likeness (QED) is 0.757. The van der Waals surface area contributed by atoms with Gasteiger partial charge in [0.05, 0.1) is 6.61 Å². The predicted molar refractivity (Wildman–Crippen MR) is 75.3 cm³/mol. The van der Waals surface area contributed by atoms with Crippen molar-refractivity contribution >= 4 is 0 Å². The van der Waals surface area contributed by atoms with Crippen LogP contribution in [0, 0.1) is 37.0 Å². The van der Waals surface area contributed by atoms with E-state index in [1.165, 1.54) is 0 Å². The lowest BCUT2D eigenvalue weighted by molar-refractivity contribution is 0.256. The number of benzene rings is 1. The van der Waals surface area contributed by atoms with Crippen molar-refractivity contribution < 1.29 is 19.3 Å². The van der Waals surface area contributed by atoms with Crippen LogP contribution in [0.3, 0.4) is 0 Å². The first kappa shape index (κ1) is 15.3. The number of aliphatic hydroxyl groups excluding tert-OH is 1. The van der Waals surface area contributed by atoms with E-state index >= 15 is 0 Å². The third-order valence-electron chi connectivity index (χ3n) is 2.24. The van der Waals surface area contributed by atoms with Gasteiger partial charge >= 0.3 is 0 Å². The highest BCUT2D eigenvalue weighted by Crippen LogP contribution is 2.40. The third-order valence-corrected chi connectivity index (χ3v) is 2.24. The fraction of sp³-hybridized carbons (Fsp3) is 0.250. The van der Waals surface area contributed by atoms with Crippen LogP contribution in [0.15, 0.2) is 12.1 Å². The van der Waals surface area contributed by atoms with E-state index in [-0.39, 0.29) is 32.2 Å². The second-order valence-corrected chi connectivity index (χ2v) is 3.52. The lowest BCUT2D eigenvalue weighted by atomic mass is 10.2. The Morgan fingerprint density at radius 1 is 0.850 bits per heavy atom. The maximum Gasteiger partial charge on any atom is 0.205 e. The van der Waals surface area contributed by atoms with Crippen LogP contribution in [0.2, 0.25) is 0 Å². The molecule has 0 spiro atoms. The Labute approximate surface area is 118 Å². The Bertz CT molecular complexity index is 570. The van der Waals surface area contributed by atoms with Crippen LogP contribution in [0.1, 0.15) is 5.56 Å². The molecule has 4 nitrogen and oxygen atoms in total. The lowest BCUT2D eigenvalue weighted by Crippen LogP contribution is -2.06. The van der Waals surface area contributed by atoms with Gasteiger partial charge in [-0.3, -0.25) is 0 Å². The van der Waals surface area contributed by atoms with Crippen molar-refractivity contribution in [3.05, 3.63) is 17.7 Å². The fourth-order valence-electron chi connectivity index (χ4n) is 1.47. The molecule has 0 fully saturated rings. The molecule has 0 unspecified atom stereocenters. The Morgan fingerprint density at radius 2 is 1.40 bits per heavy atom. The number of hydrogen-bond acceptors (Lipinski definition) is 4. The summed E-state index contributed by atoms with van der Waals surface area (Å²) in [5.74, 6) is 7.99. The van der Waals surface area contributed by atoms with Crippen LogP contribution in [-0.2, 0) is 6.61 Å². The van der Waals surface area contributed by atoms with Gasteiger partial charge in [-0.1, -0.05) is 17.8 Å². The molecular formula is C16H14O4. The van der Waals surface area contributed by atoms with Gasteiger partial charge in [-0.2, -0.15) is 0 Å². The van der Waals surface area contributed by atoms with Gasteiger partial charge in [0.15, 0.2) is 11.5 Å². The molecule has 0 aliphatic carbocycles. The molecule has 0 saturated heterocycles. The van der Waals surface area contributed by atoms with Crippen LogP contribution < -0.4 is 14.2 Å². The molecule has 1 aromatic carbocycles. The highest BCUT2D eigenvalue weighted by Gasteiger charge is 2.17. The van der Waals surface area contributed by atoms with Crippen LogP contribution in [0.4, 0.5) is 0 Å². The summed E-state index contributed by atoms with van der Waals surface area (Å²) in [6.07, 6.45) is 15.5. The SMILES string of the molecule is C#CCOc1ccc(CO)c(OCC#C)c1OCC#C. The van der Waals surface area contributed by atoms with Crippen LogP contribution in [0.5, 0.6) is 17.2 Å². The van der Waals surface area contributed by atoms with Crippen molar-refractivity contribution in [2.45, 2.75) is 6.61 Å². The molecule has 102 valence electrons. The predicted octanol–water partition coefficient (Wildman–Crippen LogP) is 1.21. The van der Waals surface area contributed by atoms with Crippen LogP contribution >= 0.6 is 0 Å². The maximum absolute atomic E-state index is 9.33. The van der Waals surface area contributed by atoms with Gasteiger partial charge in [0, 0.05) is 5.56 Å². The van der Waals surface area contributed by atoms with Gasteiger partial charge in [-0.05, 0) is 12.1 Å². The van der Waals surface area contributed by atoms with E-state index in [0.29, 0.717) is 17.1 Å². The summed E-state index contributed by atoms with van der Waals surface area (Å²) < 4.78 is 16.2. The Morgan fingerprint density at radius 3 is 1.95 bits per heavy atom. The number of aliphatic hydroxyl groups is 1. The van der Waals surface area contributed by atoms with Gasteiger partial charge < -0.3 is 19.3 Å². The first-order valence-corrected chi connectivity index (χ1v) is 5.74. The average molecular weight is 270 g/mol. The Hall–Kier alpha value is -2.74. The lowest BCUT2D eigenvalue weighted by Gasteiger charge is -2.17. The molecule has 0 aliphatic heterocycles. The van der Waals surface area contributed by atoms with E-state index in [9.17, 15) is 5.11 Å². The highest BCUT2D eigenvalue weighted by molar-refractivity contribution is 5.56. The first-order valence-electron chi connectivity index (χ1n) is 5.74. The molecule has 4 heteroatoms. The standard InChI is InChI=1S/C16H14O4/c1-4-9-18-14-8-7-13(12-17)15(19-10-5-2)16(14)20-11-6-3/h1-3,7-8,17H,9-12H2. The third kappa shape index (κ3) is 3.89. The van der Waals surface area contributed by atoms with Gasteiger partial charge in [0.2, 0.25) is 5.75 Å². The molecule has 1 rings (SSSR count). The molecule has 1 aromatic rings. The van der Waals surface area contributed by atoms with Crippen molar-refractivity contribution in [2.24, 2.45) is 0 Å². The minimum atomic E-state index is -0.234. The monoisotopic (exact) mass is 270 g/mol. The molecule has 0 heterocycles. The number of terminal acetylenes is 3. The largest absolute Gasteiger partial charge is 0.477 e. The van der Waals surface area contributed by atoms with Crippen molar-refractivity contribution in [1.82, 2.24) is 0 Å². The molecule has 1 N–H and O–H groups in total. The van der Waals surface area contributed by atoms with E-state index in [4.69, 9.17) is 33.5 Å². The number of ether oxygens (including phenoxy) is 3. The van der Waals surface area contributed by atoms with Crippen LogP contribution in [-0.4, -0.2) is 24.9 Å². The Balaban J connectivity index is 3.21. The molecule has 0 atom stereocenters. The van der Waals surface area contributed by atoms with Gasteiger partial charge in [-0.15, -0.1) is 19.3 Å². The highest BCUT2D eigenvalue weighted by atomic mass is 16.5. The molecular weight excluding hydrogens is 256 g/mol. The summed E-state index contributed by atoms with van der Waals surface area (Å²) in [5.41, 5.74) is 0.514. The van der Waals surface area contributed by atoms with E-state index < -0.39 is 0 Å². The van der Waals surface area contributed by atoms with Gasteiger partial charge in [-0.25, -0.2) is 0 Å². The zero-order valence-corrected chi connectivity index (χ0v) is 10.9. The van der Waals surface area contributed by atoms with Crippen molar-refractivity contribution in [1.29, 1.82) is 0 Å². The van der Waals surface area contributed by atoms with Crippen molar-refractivity contribution in [2.75, 3.05) is 19.8 Å². The molecule has 0 aromatic heterocycles. The molecule has 0 amide bonds. The van der Waals surface area contributed by atoms with E-state index in [1.54, 1.807) is 12.1 Å². The summed E-state index contributed by atoms with van der Waals surface area (Å²) in [7, 11) is 0. The van der Waals surface area contributed by atoms with Crippen molar-refractivity contribution in [3.8, 4) is 54.3 Å². The van der Waals surface area contributed by atoms with Gasteiger partial charge in [0.25, 0.3) is 0 Å². The molecule has 0 radical (unpaired) electrons. The Kier molecular flexibility index (Phi) is 6.42. The normalized spacial score (nSPS) is 8.90. The molecule has 20 heavy (non-hydrogen) atoms. The van der Waals surface area contributed by atoms with Gasteiger partial charge in [0.1, 0.15) is 19.8 Å². The summed E-state index contributed by atoms with van der Waals surface area (Å²) in [4.78, 5) is 0. The van der Waals surface area contributed by atoms with Crippen molar-refractivity contribution in [3.63, 3.8) is 0 Å². The maximum atomic E-state index is 9.33. The fourth-order valence-corrected chi connectivity index (χ4v) is 1.47. The summed E-state index contributed by atoms with van der Waals surface area (Å²) in [6.45, 7) is -0.118. The minimum Gasteiger partial charge on any atom is -0.477 e. The average Bonchev–Trinajstić information content (AvgIpc) is 2.48. The van der Waals surface area contributed by atoms with E-state index in [0.717, 1.165) is 0 Å².